The van der Waals surface area contributed by atoms with E-state index in [2.05, 4.69) is 94.8 Å². The van der Waals surface area contributed by atoms with Crippen molar-refractivity contribution >= 4 is 40.0 Å². The van der Waals surface area contributed by atoms with Gasteiger partial charge in [0, 0.05) is 99.9 Å². The highest BCUT2D eigenvalue weighted by molar-refractivity contribution is 6.05. The topological polar surface area (TPSA) is 112 Å². The van der Waals surface area contributed by atoms with Gasteiger partial charge in [-0.15, -0.1) is 0 Å². The molecule has 0 saturated carbocycles. The van der Waals surface area contributed by atoms with E-state index >= 15 is 4.39 Å². The van der Waals surface area contributed by atoms with Crippen LogP contribution in [-0.4, -0.2) is 111 Å². The highest BCUT2D eigenvalue weighted by atomic mass is 19.1. The van der Waals surface area contributed by atoms with Gasteiger partial charge in [0.1, 0.15) is 17.7 Å². The summed E-state index contributed by atoms with van der Waals surface area (Å²) in [7, 11) is 0. The van der Waals surface area contributed by atoms with Crippen LogP contribution in [0.1, 0.15) is 136 Å². The largest absolute Gasteiger partial charge is 0.381 e. The number of piperidine rings is 3. The molecule has 0 spiro atoms. The Morgan fingerprint density at radius 2 is 1.53 bits per heavy atom. The van der Waals surface area contributed by atoms with Crippen LogP contribution in [0.2, 0.25) is 0 Å². The number of allylic oxidation sites excluding steroid dienone is 1. The van der Waals surface area contributed by atoms with Crippen molar-refractivity contribution in [2.45, 2.75) is 141 Å². The molecule has 1 N–H and O–H groups in total. The van der Waals surface area contributed by atoms with Gasteiger partial charge < -0.3 is 28.7 Å². The van der Waals surface area contributed by atoms with Crippen LogP contribution in [0.25, 0.3) is 16.5 Å². The average molecular weight is 926 g/mol. The lowest BCUT2D eigenvalue weighted by Crippen LogP contribution is -2.52. The van der Waals surface area contributed by atoms with E-state index in [1.807, 2.05) is 12.3 Å². The minimum absolute atomic E-state index is 0.0949. The monoisotopic (exact) mass is 926 g/mol. The molecule has 0 bridgehead atoms. The first-order chi connectivity index (χ1) is 32.7. The Labute approximate surface area is 400 Å². The Hall–Kier alpha value is -4.95. The normalized spacial score (nSPS) is 24.8. The number of anilines is 1. The van der Waals surface area contributed by atoms with Gasteiger partial charge in [-0.25, -0.2) is 9.37 Å². The summed E-state index contributed by atoms with van der Waals surface area (Å²) >= 11 is 0. The number of nitrogens with zero attached hydrogens (tertiary/aromatic N) is 6. The van der Waals surface area contributed by atoms with Crippen LogP contribution in [-0.2, 0) is 38.7 Å². The van der Waals surface area contributed by atoms with Gasteiger partial charge in [0.05, 0.1) is 16.7 Å². The van der Waals surface area contributed by atoms with E-state index in [-0.39, 0.29) is 53.1 Å². The SMILES string of the molecule is CC1(C)CC(C=C(c2ccc(N3CCC(CN4CCC(N5Cc6cc7c(cc6C5)C(=O)N(C5CCC(=O)NC5=O)C7)CC4)CC3)nc2)c2ccc3c(c2)c(F)cn3C2CCOCC2)CC(C)(C)O1. The lowest BCUT2D eigenvalue weighted by atomic mass is 9.79. The molecule has 68 heavy (non-hydrogen) atoms. The second-order valence-corrected chi connectivity index (χ2v) is 22.3. The molecule has 7 aliphatic rings. The van der Waals surface area contributed by atoms with Crippen molar-refractivity contribution in [2.75, 3.05) is 50.8 Å². The molecule has 5 fully saturated rings. The Morgan fingerprint density at radius 3 is 2.24 bits per heavy atom. The van der Waals surface area contributed by atoms with Crippen molar-refractivity contribution in [3.8, 4) is 0 Å². The maximum Gasteiger partial charge on any atom is 0.255 e. The predicted octanol–water partition coefficient (Wildman–Crippen LogP) is 8.40. The summed E-state index contributed by atoms with van der Waals surface area (Å²) < 4.78 is 30.0. The molecule has 7 aliphatic heterocycles. The number of aromatic nitrogens is 2. The summed E-state index contributed by atoms with van der Waals surface area (Å²) in [5, 5.41) is 3.07. The van der Waals surface area contributed by atoms with Gasteiger partial charge in [0.2, 0.25) is 11.8 Å². The number of imide groups is 1. The summed E-state index contributed by atoms with van der Waals surface area (Å²) in [4.78, 5) is 52.2. The number of halogens is 1. The molecular weight excluding hydrogens is 858 g/mol. The van der Waals surface area contributed by atoms with Crippen LogP contribution in [0.3, 0.4) is 0 Å². The summed E-state index contributed by atoms with van der Waals surface area (Å²) in [6.07, 6.45) is 15.0. The lowest BCUT2D eigenvalue weighted by molar-refractivity contribution is -0.166. The molecule has 5 saturated heterocycles. The van der Waals surface area contributed by atoms with Crippen LogP contribution in [0.4, 0.5) is 10.2 Å². The third-order valence-corrected chi connectivity index (χ3v) is 16.3. The molecule has 2 aromatic heterocycles. The molecule has 11 rings (SSSR count). The molecule has 1 unspecified atom stereocenters. The zero-order chi connectivity index (χ0) is 46.9. The van der Waals surface area contributed by atoms with Crippen molar-refractivity contribution in [3.05, 3.63) is 100 Å². The number of pyridine rings is 1. The minimum Gasteiger partial charge on any atom is -0.381 e. The number of nitrogens with one attached hydrogen (secondary N) is 1. The van der Waals surface area contributed by atoms with E-state index in [1.54, 1.807) is 11.1 Å². The highest BCUT2D eigenvalue weighted by Gasteiger charge is 2.42. The van der Waals surface area contributed by atoms with Gasteiger partial charge in [0.15, 0.2) is 0 Å². The van der Waals surface area contributed by atoms with Gasteiger partial charge in [-0.3, -0.25) is 24.6 Å². The maximum atomic E-state index is 15.8. The van der Waals surface area contributed by atoms with Crippen molar-refractivity contribution in [1.29, 1.82) is 0 Å². The Bertz CT molecular complexity index is 2600. The first-order valence-electron chi connectivity index (χ1n) is 25.5. The Kier molecular flexibility index (Phi) is 12.1. The predicted molar refractivity (Wildman–Crippen MR) is 260 cm³/mol. The number of fused-ring (bicyclic) bond motifs is 3. The third kappa shape index (κ3) is 9.16. The van der Waals surface area contributed by atoms with Crippen molar-refractivity contribution < 1.29 is 28.2 Å². The minimum atomic E-state index is -0.581. The fraction of sp³-hybridized carbons (Fsp3) is 0.564. The molecule has 1 atom stereocenters. The molecule has 13 heteroatoms. The number of carbonyl (C=O) groups is 3. The molecule has 0 aliphatic carbocycles. The van der Waals surface area contributed by atoms with Crippen LogP contribution in [0, 0.1) is 17.7 Å². The smallest absolute Gasteiger partial charge is 0.255 e. The third-order valence-electron chi connectivity index (χ3n) is 16.3. The number of ether oxygens (including phenoxy) is 2. The van der Waals surface area contributed by atoms with Crippen molar-refractivity contribution in [2.24, 2.45) is 11.8 Å². The highest BCUT2D eigenvalue weighted by Crippen LogP contribution is 2.42. The average Bonchev–Trinajstić information content (AvgIpc) is 3.99. The number of hydrogen-bond acceptors (Lipinski definition) is 9. The molecule has 9 heterocycles. The van der Waals surface area contributed by atoms with Crippen LogP contribution < -0.4 is 10.2 Å². The summed E-state index contributed by atoms with van der Waals surface area (Å²) in [6, 6.07) is 15.2. The Balaban J connectivity index is 0.702. The van der Waals surface area contributed by atoms with Crippen molar-refractivity contribution in [1.82, 2.24) is 29.6 Å². The number of hydrogen-bond donors (Lipinski definition) is 1. The van der Waals surface area contributed by atoms with Gasteiger partial charge in [-0.1, -0.05) is 18.2 Å². The van der Waals surface area contributed by atoms with E-state index in [1.165, 1.54) is 11.1 Å². The fourth-order valence-corrected chi connectivity index (χ4v) is 13.2. The summed E-state index contributed by atoms with van der Waals surface area (Å²) in [5.41, 5.74) is 7.82. The standard InChI is InChI=1S/C55H68FN7O5/c1-54(2)27-36(28-55(3,4)68-54)23-44(37-5-7-48-46(25-37)47(56)34-62(48)43-15-21-67-22-16-43)38-6-9-50(57-29-38)60-19-11-35(12-20-60)30-59-17-13-42(14-18-59)61-31-39-24-41-33-63(49-8-10-51(64)58-52(49)65)53(66)45(41)26-40(39)32-61/h5-7,9,23-26,29,34-36,42-43,49H,8,10-22,27-28,30-33H2,1-4H3,(H,58,64,65). The van der Waals surface area contributed by atoms with Gasteiger partial charge >= 0.3 is 0 Å². The quantitative estimate of drug-likeness (QED) is 0.166. The molecule has 2 aromatic carbocycles. The molecule has 4 aromatic rings. The van der Waals surface area contributed by atoms with Crippen LogP contribution >= 0.6 is 0 Å². The summed E-state index contributed by atoms with van der Waals surface area (Å²) in [6.45, 7) is 17.7. The van der Waals surface area contributed by atoms with E-state index in [9.17, 15) is 14.4 Å². The number of rotatable bonds is 9. The molecule has 3 amide bonds. The molecule has 0 radical (unpaired) electrons. The number of carbonyl (C=O) groups excluding carboxylic acids is 3. The number of likely N-dealkylation sites (tertiary alicyclic amines) is 1. The fourth-order valence-electron chi connectivity index (χ4n) is 13.2. The second-order valence-electron chi connectivity index (χ2n) is 22.3. The zero-order valence-electron chi connectivity index (χ0n) is 40.4. The summed E-state index contributed by atoms with van der Waals surface area (Å²) in [5.74, 6) is 1.07. The number of benzene rings is 2. The number of amides is 3. The van der Waals surface area contributed by atoms with Gasteiger partial charge in [-0.05, 0) is 169 Å². The van der Waals surface area contributed by atoms with Gasteiger partial charge in [-0.2, -0.15) is 0 Å². The maximum absolute atomic E-state index is 15.8. The molecule has 12 nitrogen and oxygen atoms in total. The van der Waals surface area contributed by atoms with Crippen LogP contribution in [0.5, 0.6) is 0 Å². The first-order valence-corrected chi connectivity index (χ1v) is 25.5. The Morgan fingerprint density at radius 1 is 0.809 bits per heavy atom. The molecule has 360 valence electrons. The van der Waals surface area contributed by atoms with E-state index in [4.69, 9.17) is 14.5 Å². The van der Waals surface area contributed by atoms with E-state index in [0.717, 1.165) is 131 Å². The lowest BCUT2D eigenvalue weighted by Gasteiger charge is -2.45. The van der Waals surface area contributed by atoms with E-state index in [0.29, 0.717) is 49.1 Å². The molecular formula is C55H68FN7O5. The van der Waals surface area contributed by atoms with Crippen LogP contribution in [0.15, 0.2) is 60.9 Å². The first kappa shape index (κ1) is 45.5. The zero-order valence-corrected chi connectivity index (χ0v) is 40.4. The van der Waals surface area contributed by atoms with Gasteiger partial charge in [0.25, 0.3) is 5.91 Å². The second kappa shape index (κ2) is 18.1. The van der Waals surface area contributed by atoms with E-state index < -0.39 is 6.04 Å². The van der Waals surface area contributed by atoms with Crippen molar-refractivity contribution in [3.63, 3.8) is 0 Å².